The lowest BCUT2D eigenvalue weighted by Gasteiger charge is -2.32. The Labute approximate surface area is 206 Å². The molecule has 204 valence electrons. The summed E-state index contributed by atoms with van der Waals surface area (Å²) in [6.07, 6.45) is -0.350. The molecular weight excluding hydrogens is 505 g/mol. The Hall–Kier alpha value is -3.04. The van der Waals surface area contributed by atoms with Crippen molar-refractivity contribution < 1.29 is 52.7 Å². The molecule has 5 N–H and O–H groups in total. The van der Waals surface area contributed by atoms with E-state index in [-0.39, 0.29) is 24.4 Å². The van der Waals surface area contributed by atoms with Crippen molar-refractivity contribution in [1.82, 2.24) is 19.5 Å². The third-order valence-corrected chi connectivity index (χ3v) is 4.58. The molecule has 0 saturated heterocycles. The van der Waals surface area contributed by atoms with Gasteiger partial charge in [-0.15, -0.1) is 0 Å². The molecule has 2 rings (SSSR count). The summed E-state index contributed by atoms with van der Waals surface area (Å²) in [5, 5.41) is 9.67. The van der Waals surface area contributed by atoms with Crippen LogP contribution >= 0.6 is 7.60 Å². The number of fused-ring (bicyclic) bond motifs is 1. The number of aliphatic hydroxyl groups excluding tert-OH is 1. The number of carbonyl (C=O) groups excluding carboxylic acids is 2. The SMILES string of the molecule is CC(C)OC(=O)OCOC(=O)OC(C)C.CCC(CO)(OCP(=O)(O)O)n1cnc2c(N)ncnc21. The van der Waals surface area contributed by atoms with E-state index in [1.165, 1.54) is 17.2 Å². The number of imidazole rings is 1. The molecule has 0 fully saturated rings. The molecule has 0 amide bonds. The first-order valence-electron chi connectivity index (χ1n) is 10.6. The third kappa shape index (κ3) is 9.91. The Kier molecular flexibility index (Phi) is 12.0. The highest BCUT2D eigenvalue weighted by molar-refractivity contribution is 7.51. The highest BCUT2D eigenvalue weighted by atomic mass is 31.2. The van der Waals surface area contributed by atoms with E-state index in [2.05, 4.69) is 33.9 Å². The van der Waals surface area contributed by atoms with Gasteiger partial charge in [-0.25, -0.2) is 24.5 Å². The maximum Gasteiger partial charge on any atom is 0.511 e. The lowest BCUT2D eigenvalue weighted by molar-refractivity contribution is -0.125. The molecule has 1 atom stereocenters. The Balaban J connectivity index is 0.000000384. The normalized spacial score (nSPS) is 13.1. The summed E-state index contributed by atoms with van der Waals surface area (Å²) < 4.78 is 35.8. The van der Waals surface area contributed by atoms with E-state index < -0.39 is 45.4 Å². The van der Waals surface area contributed by atoms with Gasteiger partial charge in [0.25, 0.3) is 0 Å². The summed E-state index contributed by atoms with van der Waals surface area (Å²) in [5.41, 5.74) is 4.92. The standard InChI is InChI=1S/C10H16N5O5P.C9H16O6/c1-2-10(3-16,20-6-21(17,18)19)15-5-14-7-8(11)12-4-13-9(7)15;1-6(2)14-8(10)12-5-13-9(11)15-7(3)4/h4-5,16H,2-3,6H2,1H3,(H2,11,12,13)(H2,17,18,19);6-7H,5H2,1-4H3. The van der Waals surface area contributed by atoms with Gasteiger partial charge in [0.15, 0.2) is 23.5 Å². The van der Waals surface area contributed by atoms with Crippen LogP contribution in [0.25, 0.3) is 11.2 Å². The second-order valence-corrected chi connectivity index (χ2v) is 9.27. The molecule has 0 aliphatic heterocycles. The van der Waals surface area contributed by atoms with Crippen molar-refractivity contribution in [3.05, 3.63) is 12.7 Å². The highest BCUT2D eigenvalue weighted by Gasteiger charge is 2.35. The molecule has 0 spiro atoms. The number of hydrogen-bond donors (Lipinski definition) is 4. The van der Waals surface area contributed by atoms with Gasteiger partial charge in [0.2, 0.25) is 6.79 Å². The number of hydrogen-bond acceptors (Lipinski definition) is 13. The average Bonchev–Trinajstić information content (AvgIpc) is 3.20. The fourth-order valence-corrected chi connectivity index (χ4v) is 2.92. The molecular formula is C19H32N5O11P. The quantitative estimate of drug-likeness (QED) is 0.192. The summed E-state index contributed by atoms with van der Waals surface area (Å²) >= 11 is 0. The summed E-state index contributed by atoms with van der Waals surface area (Å²) in [4.78, 5) is 51.4. The first-order valence-corrected chi connectivity index (χ1v) is 12.4. The van der Waals surface area contributed by atoms with E-state index in [9.17, 15) is 19.3 Å². The zero-order valence-corrected chi connectivity index (χ0v) is 21.5. The maximum absolute atomic E-state index is 11.0. The second-order valence-electron chi connectivity index (χ2n) is 7.68. The Bertz CT molecular complexity index is 1010. The molecule has 1 unspecified atom stereocenters. The predicted molar refractivity (Wildman–Crippen MR) is 123 cm³/mol. The van der Waals surface area contributed by atoms with Crippen molar-refractivity contribution in [2.75, 3.05) is 25.5 Å². The van der Waals surface area contributed by atoms with Crippen molar-refractivity contribution >= 4 is 36.9 Å². The van der Waals surface area contributed by atoms with Gasteiger partial charge in [0.05, 0.1) is 25.1 Å². The topological polar surface area (TPSA) is 228 Å². The van der Waals surface area contributed by atoms with Gasteiger partial charge in [0, 0.05) is 0 Å². The number of aliphatic hydroxyl groups is 1. The molecule has 2 aromatic rings. The molecule has 2 heterocycles. The van der Waals surface area contributed by atoms with Crippen LogP contribution < -0.4 is 5.73 Å². The van der Waals surface area contributed by atoms with Gasteiger partial charge in [-0.1, -0.05) is 6.92 Å². The highest BCUT2D eigenvalue weighted by Crippen LogP contribution is 2.38. The number of anilines is 1. The predicted octanol–water partition coefficient (Wildman–Crippen LogP) is 1.68. The second kappa shape index (κ2) is 13.9. The van der Waals surface area contributed by atoms with Crippen molar-refractivity contribution in [1.29, 1.82) is 0 Å². The van der Waals surface area contributed by atoms with Crippen LogP contribution in [0.1, 0.15) is 41.0 Å². The van der Waals surface area contributed by atoms with Crippen LogP contribution in [-0.2, 0) is 34.0 Å². The minimum Gasteiger partial charge on any atom is -0.431 e. The molecule has 16 nitrogen and oxygen atoms in total. The summed E-state index contributed by atoms with van der Waals surface area (Å²) in [6.45, 7) is 7.37. The van der Waals surface area contributed by atoms with Crippen molar-refractivity contribution in [3.63, 3.8) is 0 Å². The molecule has 36 heavy (non-hydrogen) atoms. The van der Waals surface area contributed by atoms with Crippen LogP contribution in [0.2, 0.25) is 0 Å². The molecule has 0 aliphatic rings. The molecule has 0 saturated carbocycles. The molecule has 0 bridgehead atoms. The fourth-order valence-electron chi connectivity index (χ4n) is 2.51. The number of nitrogens with two attached hydrogens (primary N) is 1. The fraction of sp³-hybridized carbons (Fsp3) is 0.632. The summed E-state index contributed by atoms with van der Waals surface area (Å²) in [7, 11) is -4.38. The van der Waals surface area contributed by atoms with Crippen LogP contribution in [0.5, 0.6) is 0 Å². The van der Waals surface area contributed by atoms with E-state index in [0.717, 1.165) is 0 Å². The average molecular weight is 537 g/mol. The van der Waals surface area contributed by atoms with Crippen molar-refractivity contribution in [2.24, 2.45) is 0 Å². The number of nitrogens with zero attached hydrogens (tertiary/aromatic N) is 4. The van der Waals surface area contributed by atoms with Crippen LogP contribution in [0.3, 0.4) is 0 Å². The van der Waals surface area contributed by atoms with Crippen LogP contribution in [0.4, 0.5) is 15.4 Å². The van der Waals surface area contributed by atoms with E-state index >= 15 is 0 Å². The first-order chi connectivity index (χ1) is 16.7. The molecule has 0 radical (unpaired) electrons. The third-order valence-electron chi connectivity index (χ3n) is 4.12. The van der Waals surface area contributed by atoms with E-state index in [4.69, 9.17) is 20.3 Å². The first kappa shape index (κ1) is 31.0. The minimum absolute atomic E-state index is 0.164. The smallest absolute Gasteiger partial charge is 0.431 e. The Morgan fingerprint density at radius 2 is 1.64 bits per heavy atom. The molecule has 0 aromatic carbocycles. The zero-order valence-electron chi connectivity index (χ0n) is 20.6. The maximum atomic E-state index is 11.0. The van der Waals surface area contributed by atoms with Gasteiger partial charge in [-0.2, -0.15) is 0 Å². The van der Waals surface area contributed by atoms with Crippen molar-refractivity contribution in [2.45, 2.75) is 59.0 Å². The van der Waals surface area contributed by atoms with Crippen LogP contribution in [-0.4, -0.2) is 78.7 Å². The number of carbonyl (C=O) groups is 2. The van der Waals surface area contributed by atoms with Gasteiger partial charge in [-0.3, -0.25) is 9.13 Å². The van der Waals surface area contributed by atoms with E-state index in [0.29, 0.717) is 11.2 Å². The molecule has 17 heteroatoms. The van der Waals surface area contributed by atoms with Crippen molar-refractivity contribution in [3.8, 4) is 0 Å². The minimum atomic E-state index is -4.38. The molecule has 0 aliphatic carbocycles. The number of aromatic nitrogens is 4. The van der Waals surface area contributed by atoms with E-state index in [1.807, 2.05) is 0 Å². The lowest BCUT2D eigenvalue weighted by atomic mass is 10.1. The summed E-state index contributed by atoms with van der Waals surface area (Å²) in [6, 6.07) is 0. The van der Waals surface area contributed by atoms with E-state index in [1.54, 1.807) is 34.6 Å². The van der Waals surface area contributed by atoms with Gasteiger partial charge in [0.1, 0.15) is 11.8 Å². The Morgan fingerprint density at radius 3 is 2.08 bits per heavy atom. The number of nitrogen functional groups attached to an aromatic ring is 1. The summed E-state index contributed by atoms with van der Waals surface area (Å²) in [5.74, 6) is 0.164. The molecule has 2 aromatic heterocycles. The van der Waals surface area contributed by atoms with Gasteiger partial charge < -0.3 is 44.3 Å². The van der Waals surface area contributed by atoms with Crippen LogP contribution in [0.15, 0.2) is 12.7 Å². The van der Waals surface area contributed by atoms with Gasteiger partial charge in [-0.05, 0) is 34.1 Å². The number of ether oxygens (including phenoxy) is 5. The van der Waals surface area contributed by atoms with Crippen LogP contribution in [0, 0.1) is 0 Å². The lowest BCUT2D eigenvalue weighted by Crippen LogP contribution is -2.40. The monoisotopic (exact) mass is 537 g/mol. The van der Waals surface area contributed by atoms with Gasteiger partial charge >= 0.3 is 19.9 Å². The zero-order chi connectivity index (χ0) is 27.5. The Morgan fingerprint density at radius 1 is 1.08 bits per heavy atom. The number of rotatable bonds is 10. The largest absolute Gasteiger partial charge is 0.511 e.